The smallest absolute Gasteiger partial charge is 0.318 e. The zero-order valence-electron chi connectivity index (χ0n) is 14.8. The maximum Gasteiger partial charge on any atom is 0.318 e. The molecule has 3 heterocycles. The highest BCUT2D eigenvalue weighted by atomic mass is 16.5. The van der Waals surface area contributed by atoms with Gasteiger partial charge in [-0.2, -0.15) is 0 Å². The number of benzene rings is 1. The molecule has 2 aliphatic rings. The molecule has 2 atom stereocenters. The number of piperazine rings is 1. The lowest BCUT2D eigenvalue weighted by atomic mass is 10.1. The van der Waals surface area contributed by atoms with Gasteiger partial charge in [0.15, 0.2) is 0 Å². The van der Waals surface area contributed by atoms with Gasteiger partial charge in [-0.1, -0.05) is 18.2 Å². The molecule has 2 saturated heterocycles. The molecule has 2 aliphatic heterocycles. The van der Waals surface area contributed by atoms with Gasteiger partial charge in [-0.3, -0.25) is 4.90 Å². The number of fused-ring (bicyclic) bond motifs is 2. The van der Waals surface area contributed by atoms with Crippen molar-refractivity contribution in [2.24, 2.45) is 0 Å². The predicted molar refractivity (Wildman–Crippen MR) is 95.7 cm³/mol. The molecule has 25 heavy (non-hydrogen) atoms. The van der Waals surface area contributed by atoms with Gasteiger partial charge in [-0.15, -0.1) is 0 Å². The van der Waals surface area contributed by atoms with Crippen LogP contribution >= 0.6 is 0 Å². The number of morpholine rings is 1. The zero-order valence-corrected chi connectivity index (χ0v) is 14.8. The summed E-state index contributed by atoms with van der Waals surface area (Å²) in [6.07, 6.45) is 0. The molecule has 1 aromatic heterocycles. The van der Waals surface area contributed by atoms with Gasteiger partial charge in [0.2, 0.25) is 0 Å². The SMILES string of the molecule is Cc1c([C@@H](C)NC(=O)N2CCN3CCOC[C@@H]3C2)oc2ccccc12. The lowest BCUT2D eigenvalue weighted by Crippen LogP contribution is -2.60. The van der Waals surface area contributed by atoms with Gasteiger partial charge in [0.1, 0.15) is 11.3 Å². The van der Waals surface area contributed by atoms with Gasteiger partial charge in [0, 0.05) is 37.1 Å². The summed E-state index contributed by atoms with van der Waals surface area (Å²) in [4.78, 5) is 17.0. The minimum Gasteiger partial charge on any atom is -0.459 e. The maximum absolute atomic E-state index is 12.7. The van der Waals surface area contributed by atoms with Crippen LogP contribution in [0.25, 0.3) is 11.0 Å². The van der Waals surface area contributed by atoms with Crippen LogP contribution in [-0.4, -0.2) is 61.3 Å². The molecule has 1 N–H and O–H groups in total. The zero-order chi connectivity index (χ0) is 17.4. The van der Waals surface area contributed by atoms with Crippen LogP contribution in [0.15, 0.2) is 28.7 Å². The van der Waals surface area contributed by atoms with Gasteiger partial charge < -0.3 is 19.4 Å². The summed E-state index contributed by atoms with van der Waals surface area (Å²) in [5.41, 5.74) is 1.96. The van der Waals surface area contributed by atoms with Gasteiger partial charge in [0.25, 0.3) is 0 Å². The summed E-state index contributed by atoms with van der Waals surface area (Å²) in [6.45, 7) is 8.89. The third kappa shape index (κ3) is 3.12. The van der Waals surface area contributed by atoms with E-state index in [1.165, 1.54) is 0 Å². The van der Waals surface area contributed by atoms with Crippen LogP contribution in [0.4, 0.5) is 4.79 Å². The van der Waals surface area contributed by atoms with E-state index in [4.69, 9.17) is 9.15 Å². The van der Waals surface area contributed by atoms with Gasteiger partial charge >= 0.3 is 6.03 Å². The lowest BCUT2D eigenvalue weighted by Gasteiger charge is -2.43. The van der Waals surface area contributed by atoms with Crippen molar-refractivity contribution < 1.29 is 13.9 Å². The second-order valence-electron chi connectivity index (χ2n) is 6.97. The lowest BCUT2D eigenvalue weighted by molar-refractivity contribution is -0.0366. The second-order valence-corrected chi connectivity index (χ2v) is 6.97. The first-order chi connectivity index (χ1) is 12.1. The van der Waals surface area contributed by atoms with Crippen molar-refractivity contribution in [2.45, 2.75) is 25.9 Å². The van der Waals surface area contributed by atoms with E-state index in [0.717, 1.165) is 55.1 Å². The fourth-order valence-electron chi connectivity index (χ4n) is 3.88. The van der Waals surface area contributed by atoms with Crippen molar-refractivity contribution in [2.75, 3.05) is 39.4 Å². The first kappa shape index (κ1) is 16.4. The Kier molecular flexibility index (Phi) is 4.39. The largest absolute Gasteiger partial charge is 0.459 e. The Morgan fingerprint density at radius 2 is 2.12 bits per heavy atom. The topological polar surface area (TPSA) is 58.0 Å². The predicted octanol–water partition coefficient (Wildman–Crippen LogP) is 2.53. The van der Waals surface area contributed by atoms with Crippen LogP contribution in [0.3, 0.4) is 0 Å². The standard InChI is InChI=1S/C19H25N3O3/c1-13-16-5-3-4-6-17(16)25-18(13)14(2)20-19(23)22-8-7-21-9-10-24-12-15(21)11-22/h3-6,14-15H,7-12H2,1-2H3,(H,20,23)/t14-,15+/m1/s1. The van der Waals surface area contributed by atoms with Crippen molar-refractivity contribution in [3.8, 4) is 0 Å². The molecular formula is C19H25N3O3. The number of urea groups is 1. The van der Waals surface area contributed by atoms with E-state index >= 15 is 0 Å². The highest BCUT2D eigenvalue weighted by molar-refractivity contribution is 5.82. The van der Waals surface area contributed by atoms with Crippen molar-refractivity contribution in [3.63, 3.8) is 0 Å². The number of ether oxygens (including phenoxy) is 1. The number of hydrogen-bond acceptors (Lipinski definition) is 4. The maximum atomic E-state index is 12.7. The molecule has 1 aromatic carbocycles. The highest BCUT2D eigenvalue weighted by Crippen LogP contribution is 2.29. The number of nitrogens with one attached hydrogen (secondary N) is 1. The molecular weight excluding hydrogens is 318 g/mol. The van der Waals surface area contributed by atoms with Gasteiger partial charge in [-0.25, -0.2) is 4.79 Å². The van der Waals surface area contributed by atoms with Crippen molar-refractivity contribution in [1.29, 1.82) is 0 Å². The number of hydrogen-bond donors (Lipinski definition) is 1. The Morgan fingerprint density at radius 3 is 2.96 bits per heavy atom. The number of aryl methyl sites for hydroxylation is 1. The van der Waals surface area contributed by atoms with Crippen molar-refractivity contribution in [1.82, 2.24) is 15.1 Å². The Hall–Kier alpha value is -2.05. The molecule has 2 fully saturated rings. The number of carbonyl (C=O) groups excluding carboxylic acids is 1. The van der Waals surface area contributed by atoms with E-state index in [2.05, 4.69) is 16.3 Å². The number of rotatable bonds is 2. The monoisotopic (exact) mass is 343 g/mol. The number of furan rings is 1. The van der Waals surface area contributed by atoms with E-state index in [-0.39, 0.29) is 12.1 Å². The summed E-state index contributed by atoms with van der Waals surface area (Å²) in [6, 6.07) is 8.10. The van der Waals surface area contributed by atoms with Gasteiger partial charge in [0.05, 0.1) is 25.3 Å². The molecule has 4 rings (SSSR count). The first-order valence-corrected chi connectivity index (χ1v) is 8.98. The van der Waals surface area contributed by atoms with E-state index < -0.39 is 0 Å². The molecule has 2 aromatic rings. The fraction of sp³-hybridized carbons (Fsp3) is 0.526. The third-order valence-electron chi connectivity index (χ3n) is 5.34. The summed E-state index contributed by atoms with van der Waals surface area (Å²) < 4.78 is 11.5. The number of para-hydroxylation sites is 1. The Balaban J connectivity index is 1.44. The molecule has 134 valence electrons. The van der Waals surface area contributed by atoms with E-state index in [9.17, 15) is 4.79 Å². The highest BCUT2D eigenvalue weighted by Gasteiger charge is 2.32. The normalized spacial score (nSPS) is 22.6. The van der Waals surface area contributed by atoms with Crippen molar-refractivity contribution in [3.05, 3.63) is 35.6 Å². The molecule has 0 radical (unpaired) electrons. The first-order valence-electron chi connectivity index (χ1n) is 8.98. The fourth-order valence-corrected chi connectivity index (χ4v) is 3.88. The number of carbonyl (C=O) groups is 1. The van der Waals surface area contributed by atoms with Crippen molar-refractivity contribution >= 4 is 17.0 Å². The molecule has 0 aliphatic carbocycles. The summed E-state index contributed by atoms with van der Waals surface area (Å²) in [5, 5.41) is 4.20. The van der Waals surface area contributed by atoms with Crippen LogP contribution in [-0.2, 0) is 4.74 Å². The van der Waals surface area contributed by atoms with Crippen LogP contribution in [0.2, 0.25) is 0 Å². The molecule has 0 saturated carbocycles. The van der Waals surface area contributed by atoms with E-state index in [0.29, 0.717) is 12.6 Å². The van der Waals surface area contributed by atoms with E-state index in [1.807, 2.05) is 36.9 Å². The summed E-state index contributed by atoms with van der Waals surface area (Å²) in [5.74, 6) is 0.828. The minimum atomic E-state index is -0.166. The van der Waals surface area contributed by atoms with Crippen LogP contribution in [0, 0.1) is 6.92 Å². The molecule has 0 bridgehead atoms. The number of amides is 2. The summed E-state index contributed by atoms with van der Waals surface area (Å²) in [7, 11) is 0. The second kappa shape index (κ2) is 6.69. The summed E-state index contributed by atoms with van der Waals surface area (Å²) >= 11 is 0. The van der Waals surface area contributed by atoms with Crippen LogP contribution in [0.1, 0.15) is 24.3 Å². The Bertz CT molecular complexity index is 772. The van der Waals surface area contributed by atoms with Gasteiger partial charge in [-0.05, 0) is 19.9 Å². The number of nitrogens with zero attached hydrogens (tertiary/aromatic N) is 2. The van der Waals surface area contributed by atoms with E-state index in [1.54, 1.807) is 0 Å². The third-order valence-corrected chi connectivity index (χ3v) is 5.34. The van der Waals surface area contributed by atoms with Crippen LogP contribution in [0.5, 0.6) is 0 Å². The average Bonchev–Trinajstić information content (AvgIpc) is 2.98. The molecule has 0 spiro atoms. The molecule has 6 nitrogen and oxygen atoms in total. The Labute approximate surface area is 147 Å². The Morgan fingerprint density at radius 1 is 1.28 bits per heavy atom. The molecule has 0 unspecified atom stereocenters. The quantitative estimate of drug-likeness (QED) is 0.910. The average molecular weight is 343 g/mol. The minimum absolute atomic E-state index is 0.0300. The molecule has 2 amide bonds. The molecule has 6 heteroatoms. The van der Waals surface area contributed by atoms with Crippen LogP contribution < -0.4 is 5.32 Å².